The number of carbonyl (C=O) groups excluding carboxylic acids is 1. The Morgan fingerprint density at radius 2 is 1.61 bits per heavy atom. The van der Waals surface area contributed by atoms with Gasteiger partial charge in [0.1, 0.15) is 0 Å². The number of halogens is 4. The number of sulfonamides is 1. The molecule has 0 aromatic heterocycles. The summed E-state index contributed by atoms with van der Waals surface area (Å²) in [5, 5.41) is 0. The van der Waals surface area contributed by atoms with Crippen LogP contribution in [0.2, 0.25) is 0 Å². The lowest BCUT2D eigenvalue weighted by atomic mass is 10.1. The molecule has 0 aliphatic carbocycles. The molecule has 28 heavy (non-hydrogen) atoms. The molecular weight excluding hydrogens is 461 g/mol. The average molecular weight is 479 g/mol. The zero-order chi connectivity index (χ0) is 21.3. The molecule has 1 amide bonds. The van der Waals surface area contributed by atoms with Crippen molar-refractivity contribution in [1.82, 2.24) is 9.21 Å². The largest absolute Gasteiger partial charge is 0.416 e. The first kappa shape index (κ1) is 22.4. The van der Waals surface area contributed by atoms with Gasteiger partial charge in [0.05, 0.1) is 10.5 Å². The fourth-order valence-electron chi connectivity index (χ4n) is 2.40. The first-order chi connectivity index (χ1) is 12.8. The summed E-state index contributed by atoms with van der Waals surface area (Å²) in [6.07, 6.45) is -4.42. The number of nitrogens with zero attached hydrogens (tertiary/aromatic N) is 2. The topological polar surface area (TPSA) is 57.7 Å². The van der Waals surface area contributed by atoms with Crippen LogP contribution in [0.25, 0.3) is 0 Å². The lowest BCUT2D eigenvalue weighted by molar-refractivity contribution is -0.137. The molecule has 5 nitrogen and oxygen atoms in total. The Hall–Kier alpha value is -1.91. The predicted octanol–water partition coefficient (Wildman–Crippen LogP) is 3.99. The van der Waals surface area contributed by atoms with Crippen LogP contribution in [0.15, 0.2) is 51.8 Å². The molecule has 152 valence electrons. The molecule has 0 heterocycles. The molecule has 0 unspecified atom stereocenters. The monoisotopic (exact) mass is 478 g/mol. The van der Waals surface area contributed by atoms with Gasteiger partial charge >= 0.3 is 6.18 Å². The summed E-state index contributed by atoms with van der Waals surface area (Å²) in [4.78, 5) is 13.9. The van der Waals surface area contributed by atoms with Gasteiger partial charge in [0.25, 0.3) is 5.91 Å². The molecule has 0 bridgehead atoms. The summed E-state index contributed by atoms with van der Waals surface area (Å²) in [7, 11) is 0.494. The van der Waals surface area contributed by atoms with E-state index in [9.17, 15) is 26.4 Å². The van der Waals surface area contributed by atoms with Gasteiger partial charge in [-0.1, -0.05) is 12.1 Å². The van der Waals surface area contributed by atoms with E-state index in [1.54, 1.807) is 0 Å². The number of alkyl halides is 3. The Morgan fingerprint density at radius 1 is 1.04 bits per heavy atom. The molecule has 0 aliphatic heterocycles. The van der Waals surface area contributed by atoms with E-state index in [-0.39, 0.29) is 17.0 Å². The molecule has 2 aromatic carbocycles. The number of carbonyl (C=O) groups is 1. The minimum absolute atomic E-state index is 0.0497. The Bertz CT molecular complexity index is 975. The van der Waals surface area contributed by atoms with Crippen LogP contribution in [0.3, 0.4) is 0 Å². The van der Waals surface area contributed by atoms with Gasteiger partial charge in [0, 0.05) is 37.7 Å². The standard InChI is InChI=1S/C18H18BrF3N2O3S/c1-23(2)28(26,27)16-10-13(6-9-15(16)19)17(25)24(3)11-12-4-7-14(8-5-12)18(20,21)22/h4-10H,11H2,1-3H3. The second kappa shape index (κ2) is 8.22. The van der Waals surface area contributed by atoms with E-state index in [1.807, 2.05) is 0 Å². The Kier molecular flexibility index (Phi) is 6.57. The average Bonchev–Trinajstić information content (AvgIpc) is 2.60. The molecule has 0 saturated heterocycles. The molecule has 2 rings (SSSR count). The smallest absolute Gasteiger partial charge is 0.337 e. The summed E-state index contributed by atoms with van der Waals surface area (Å²) >= 11 is 3.17. The number of hydrogen-bond donors (Lipinski definition) is 0. The highest BCUT2D eigenvalue weighted by molar-refractivity contribution is 9.10. The Balaban J connectivity index is 2.24. The highest BCUT2D eigenvalue weighted by Crippen LogP contribution is 2.29. The minimum atomic E-state index is -4.42. The van der Waals surface area contributed by atoms with Gasteiger partial charge in [-0.05, 0) is 51.8 Å². The van der Waals surface area contributed by atoms with Crippen molar-refractivity contribution >= 4 is 31.9 Å². The molecule has 10 heteroatoms. The highest BCUT2D eigenvalue weighted by atomic mass is 79.9. The molecule has 2 aromatic rings. The maximum atomic E-state index is 12.7. The van der Waals surface area contributed by atoms with E-state index < -0.39 is 27.7 Å². The van der Waals surface area contributed by atoms with E-state index in [1.165, 1.54) is 56.4 Å². The summed E-state index contributed by atoms with van der Waals surface area (Å²) in [5.74, 6) is -0.456. The van der Waals surface area contributed by atoms with E-state index >= 15 is 0 Å². The Labute approximate surface area is 169 Å². The molecule has 0 saturated carbocycles. The van der Waals surface area contributed by atoms with Crippen LogP contribution in [0, 0.1) is 0 Å². The van der Waals surface area contributed by atoms with Crippen LogP contribution in [-0.2, 0) is 22.7 Å². The van der Waals surface area contributed by atoms with Gasteiger partial charge in [-0.2, -0.15) is 13.2 Å². The van der Waals surface area contributed by atoms with Crippen molar-refractivity contribution in [3.63, 3.8) is 0 Å². The third-order valence-electron chi connectivity index (χ3n) is 3.98. The predicted molar refractivity (Wildman–Crippen MR) is 102 cm³/mol. The third-order valence-corrected chi connectivity index (χ3v) is 6.79. The molecule has 0 aliphatic rings. The van der Waals surface area contributed by atoms with Gasteiger partial charge in [-0.25, -0.2) is 12.7 Å². The minimum Gasteiger partial charge on any atom is -0.337 e. The fraction of sp³-hybridized carbons (Fsp3) is 0.278. The maximum absolute atomic E-state index is 12.7. The van der Waals surface area contributed by atoms with Crippen molar-refractivity contribution in [3.05, 3.63) is 63.6 Å². The fourth-order valence-corrected chi connectivity index (χ4v) is 4.24. The number of hydrogen-bond acceptors (Lipinski definition) is 3. The summed E-state index contributed by atoms with van der Waals surface area (Å²) in [6.45, 7) is 0.0722. The SMILES string of the molecule is CN(Cc1ccc(C(F)(F)F)cc1)C(=O)c1ccc(Br)c(S(=O)(=O)N(C)C)c1. The number of benzene rings is 2. The van der Waals surface area contributed by atoms with E-state index in [2.05, 4.69) is 15.9 Å². The highest BCUT2D eigenvalue weighted by Gasteiger charge is 2.30. The van der Waals surface area contributed by atoms with Crippen LogP contribution in [0.5, 0.6) is 0 Å². The normalized spacial score (nSPS) is 12.3. The van der Waals surface area contributed by atoms with Crippen molar-refractivity contribution in [1.29, 1.82) is 0 Å². The first-order valence-electron chi connectivity index (χ1n) is 7.97. The lowest BCUT2D eigenvalue weighted by Crippen LogP contribution is -2.27. The zero-order valence-electron chi connectivity index (χ0n) is 15.3. The number of amides is 1. The second-order valence-electron chi connectivity index (χ2n) is 6.29. The van der Waals surface area contributed by atoms with Crippen molar-refractivity contribution < 1.29 is 26.4 Å². The molecule has 0 radical (unpaired) electrons. The van der Waals surface area contributed by atoms with Crippen LogP contribution in [0.4, 0.5) is 13.2 Å². The quantitative estimate of drug-likeness (QED) is 0.652. The molecule has 0 N–H and O–H groups in total. The molecular formula is C18H18BrF3N2O3S. The van der Waals surface area contributed by atoms with Crippen LogP contribution >= 0.6 is 15.9 Å². The van der Waals surface area contributed by atoms with Crippen molar-refractivity contribution in [2.75, 3.05) is 21.1 Å². The third kappa shape index (κ3) is 4.92. The van der Waals surface area contributed by atoms with Crippen molar-refractivity contribution in [3.8, 4) is 0 Å². The van der Waals surface area contributed by atoms with Gasteiger partial charge in [-0.15, -0.1) is 0 Å². The second-order valence-corrected chi connectivity index (χ2v) is 9.26. The summed E-state index contributed by atoms with van der Waals surface area (Å²) in [6, 6.07) is 8.72. The zero-order valence-corrected chi connectivity index (χ0v) is 17.7. The summed E-state index contributed by atoms with van der Waals surface area (Å²) in [5.41, 5.74) is -0.100. The van der Waals surface area contributed by atoms with Gasteiger partial charge < -0.3 is 4.90 Å². The maximum Gasteiger partial charge on any atom is 0.416 e. The van der Waals surface area contributed by atoms with Gasteiger partial charge in [0.2, 0.25) is 10.0 Å². The van der Waals surface area contributed by atoms with Gasteiger partial charge in [0.15, 0.2) is 0 Å². The molecule has 0 atom stereocenters. The van der Waals surface area contributed by atoms with Crippen LogP contribution in [-0.4, -0.2) is 44.7 Å². The van der Waals surface area contributed by atoms with Gasteiger partial charge in [-0.3, -0.25) is 4.79 Å². The van der Waals surface area contributed by atoms with Crippen LogP contribution < -0.4 is 0 Å². The lowest BCUT2D eigenvalue weighted by Gasteiger charge is -2.19. The molecule has 0 spiro atoms. The van der Waals surface area contributed by atoms with E-state index in [4.69, 9.17) is 0 Å². The van der Waals surface area contributed by atoms with E-state index in [0.717, 1.165) is 16.4 Å². The van der Waals surface area contributed by atoms with E-state index in [0.29, 0.717) is 10.0 Å². The Morgan fingerprint density at radius 3 is 2.11 bits per heavy atom. The van der Waals surface area contributed by atoms with Crippen molar-refractivity contribution in [2.24, 2.45) is 0 Å². The summed E-state index contributed by atoms with van der Waals surface area (Å²) < 4.78 is 64.0. The first-order valence-corrected chi connectivity index (χ1v) is 10.2. The number of rotatable bonds is 5. The van der Waals surface area contributed by atoms with Crippen LogP contribution in [0.1, 0.15) is 21.5 Å². The molecule has 0 fully saturated rings. The van der Waals surface area contributed by atoms with Crippen molar-refractivity contribution in [2.45, 2.75) is 17.6 Å².